The first-order chi connectivity index (χ1) is 7.74. The molecule has 2 aliphatic rings. The van der Waals surface area contributed by atoms with Gasteiger partial charge in [0.1, 0.15) is 0 Å². The van der Waals surface area contributed by atoms with E-state index in [0.717, 1.165) is 65.0 Å². The van der Waals surface area contributed by atoms with Crippen molar-refractivity contribution in [3.63, 3.8) is 0 Å². The Hall–Kier alpha value is -0.160. The standard InChI is InChI=1S/C12H24N2O2/c15-11-1-5-13(6-2-11)9-10-14-7-3-12(16)4-8-14/h11-12,15-16H,1-10H2. The molecule has 94 valence electrons. The zero-order chi connectivity index (χ0) is 11.4. The summed E-state index contributed by atoms with van der Waals surface area (Å²) in [5.41, 5.74) is 0. The van der Waals surface area contributed by atoms with Crippen molar-refractivity contribution in [2.24, 2.45) is 0 Å². The van der Waals surface area contributed by atoms with Crippen LogP contribution in [0.1, 0.15) is 25.7 Å². The van der Waals surface area contributed by atoms with Gasteiger partial charge in [0, 0.05) is 39.3 Å². The Kier molecular flexibility index (Phi) is 4.58. The number of aliphatic hydroxyl groups excluding tert-OH is 2. The molecule has 2 heterocycles. The molecule has 0 saturated carbocycles. The van der Waals surface area contributed by atoms with Crippen LogP contribution in [0.15, 0.2) is 0 Å². The minimum Gasteiger partial charge on any atom is -0.393 e. The van der Waals surface area contributed by atoms with Crippen LogP contribution in [-0.2, 0) is 0 Å². The zero-order valence-corrected chi connectivity index (χ0v) is 10.0. The Bertz CT molecular complexity index is 175. The topological polar surface area (TPSA) is 46.9 Å². The molecule has 2 fully saturated rings. The van der Waals surface area contributed by atoms with Crippen molar-refractivity contribution in [3.05, 3.63) is 0 Å². The van der Waals surface area contributed by atoms with Gasteiger partial charge in [-0.25, -0.2) is 0 Å². The first-order valence-electron chi connectivity index (χ1n) is 6.55. The van der Waals surface area contributed by atoms with Gasteiger partial charge in [-0.05, 0) is 25.7 Å². The Morgan fingerprint density at radius 3 is 1.31 bits per heavy atom. The van der Waals surface area contributed by atoms with Crippen LogP contribution in [0.3, 0.4) is 0 Å². The average Bonchev–Trinajstić information content (AvgIpc) is 2.30. The Morgan fingerprint density at radius 2 is 1.00 bits per heavy atom. The summed E-state index contributed by atoms with van der Waals surface area (Å²) in [6.45, 7) is 6.39. The second-order valence-electron chi connectivity index (χ2n) is 5.15. The maximum absolute atomic E-state index is 9.41. The molecule has 0 atom stereocenters. The van der Waals surface area contributed by atoms with Crippen LogP contribution in [0.4, 0.5) is 0 Å². The van der Waals surface area contributed by atoms with E-state index in [1.165, 1.54) is 0 Å². The fourth-order valence-corrected chi connectivity index (χ4v) is 2.57. The molecule has 0 bridgehead atoms. The van der Waals surface area contributed by atoms with Crippen LogP contribution in [0, 0.1) is 0 Å². The Balaban J connectivity index is 1.60. The third-order valence-electron chi connectivity index (χ3n) is 3.85. The monoisotopic (exact) mass is 228 g/mol. The van der Waals surface area contributed by atoms with Gasteiger partial charge in [-0.3, -0.25) is 0 Å². The lowest BCUT2D eigenvalue weighted by atomic mass is 10.1. The normalized spacial score (nSPS) is 27.4. The number of rotatable bonds is 3. The van der Waals surface area contributed by atoms with Gasteiger partial charge in [-0.2, -0.15) is 0 Å². The van der Waals surface area contributed by atoms with E-state index in [-0.39, 0.29) is 12.2 Å². The summed E-state index contributed by atoms with van der Waals surface area (Å²) in [6, 6.07) is 0. The molecule has 0 aromatic carbocycles. The van der Waals surface area contributed by atoms with E-state index in [2.05, 4.69) is 9.80 Å². The first kappa shape index (κ1) is 12.3. The third kappa shape index (κ3) is 3.70. The highest BCUT2D eigenvalue weighted by Crippen LogP contribution is 2.12. The number of aliphatic hydroxyl groups is 2. The molecule has 0 aromatic heterocycles. The van der Waals surface area contributed by atoms with Gasteiger partial charge in [-0.15, -0.1) is 0 Å². The van der Waals surface area contributed by atoms with E-state index in [0.29, 0.717) is 0 Å². The molecular weight excluding hydrogens is 204 g/mol. The third-order valence-corrected chi connectivity index (χ3v) is 3.85. The molecule has 0 spiro atoms. The highest BCUT2D eigenvalue weighted by molar-refractivity contribution is 4.75. The summed E-state index contributed by atoms with van der Waals surface area (Å²) >= 11 is 0. The van der Waals surface area contributed by atoms with Crippen molar-refractivity contribution in [2.75, 3.05) is 39.3 Å². The average molecular weight is 228 g/mol. The van der Waals surface area contributed by atoms with Crippen molar-refractivity contribution in [3.8, 4) is 0 Å². The minimum atomic E-state index is -0.0682. The van der Waals surface area contributed by atoms with Crippen LogP contribution in [-0.4, -0.2) is 71.5 Å². The number of piperidine rings is 2. The second-order valence-corrected chi connectivity index (χ2v) is 5.15. The van der Waals surface area contributed by atoms with Crippen LogP contribution < -0.4 is 0 Å². The maximum atomic E-state index is 9.41. The molecule has 0 amide bonds. The molecule has 0 unspecified atom stereocenters. The summed E-state index contributed by atoms with van der Waals surface area (Å²) in [5.74, 6) is 0. The predicted octanol–water partition coefficient (Wildman–Crippen LogP) is -0.100. The van der Waals surface area contributed by atoms with Gasteiger partial charge < -0.3 is 20.0 Å². The summed E-state index contributed by atoms with van der Waals surface area (Å²) in [5, 5.41) is 18.8. The summed E-state index contributed by atoms with van der Waals surface area (Å²) in [7, 11) is 0. The van der Waals surface area contributed by atoms with Crippen molar-refractivity contribution >= 4 is 0 Å². The smallest absolute Gasteiger partial charge is 0.0564 e. The number of likely N-dealkylation sites (tertiary alicyclic amines) is 2. The molecule has 2 aliphatic heterocycles. The van der Waals surface area contributed by atoms with E-state index >= 15 is 0 Å². The van der Waals surface area contributed by atoms with Crippen LogP contribution in [0.2, 0.25) is 0 Å². The molecule has 0 aromatic rings. The number of hydrogen-bond donors (Lipinski definition) is 2. The van der Waals surface area contributed by atoms with Crippen molar-refractivity contribution in [1.29, 1.82) is 0 Å². The molecular formula is C12H24N2O2. The van der Waals surface area contributed by atoms with E-state index < -0.39 is 0 Å². The Labute approximate surface area is 97.9 Å². The van der Waals surface area contributed by atoms with Crippen LogP contribution in [0.5, 0.6) is 0 Å². The molecule has 2 saturated heterocycles. The number of hydrogen-bond acceptors (Lipinski definition) is 4. The Morgan fingerprint density at radius 1 is 0.688 bits per heavy atom. The van der Waals surface area contributed by atoms with Crippen molar-refractivity contribution in [2.45, 2.75) is 37.9 Å². The lowest BCUT2D eigenvalue weighted by molar-refractivity contribution is 0.0586. The largest absolute Gasteiger partial charge is 0.393 e. The molecule has 4 heteroatoms. The molecule has 4 nitrogen and oxygen atoms in total. The van der Waals surface area contributed by atoms with Gasteiger partial charge >= 0.3 is 0 Å². The number of nitrogens with zero attached hydrogens (tertiary/aromatic N) is 2. The van der Waals surface area contributed by atoms with Crippen LogP contribution in [0.25, 0.3) is 0 Å². The SMILES string of the molecule is OC1CCN(CCN2CCC(O)CC2)CC1. The lowest BCUT2D eigenvalue weighted by Gasteiger charge is -2.34. The quantitative estimate of drug-likeness (QED) is 0.708. The van der Waals surface area contributed by atoms with Crippen molar-refractivity contribution < 1.29 is 10.2 Å². The lowest BCUT2D eigenvalue weighted by Crippen LogP contribution is -2.43. The van der Waals surface area contributed by atoms with E-state index in [1.807, 2.05) is 0 Å². The summed E-state index contributed by atoms with van der Waals surface area (Å²) in [6.07, 6.45) is 3.58. The van der Waals surface area contributed by atoms with E-state index in [9.17, 15) is 10.2 Å². The predicted molar refractivity (Wildman–Crippen MR) is 63.4 cm³/mol. The van der Waals surface area contributed by atoms with E-state index in [4.69, 9.17) is 0 Å². The maximum Gasteiger partial charge on any atom is 0.0564 e. The van der Waals surface area contributed by atoms with Crippen molar-refractivity contribution in [1.82, 2.24) is 9.80 Å². The minimum absolute atomic E-state index is 0.0682. The molecule has 0 radical (unpaired) electrons. The first-order valence-corrected chi connectivity index (χ1v) is 6.55. The highest BCUT2D eigenvalue weighted by atomic mass is 16.3. The van der Waals surface area contributed by atoms with Crippen LogP contribution >= 0.6 is 0 Å². The van der Waals surface area contributed by atoms with E-state index in [1.54, 1.807) is 0 Å². The summed E-state index contributed by atoms with van der Waals surface area (Å²) in [4.78, 5) is 4.88. The van der Waals surface area contributed by atoms with Gasteiger partial charge in [0.15, 0.2) is 0 Å². The molecule has 16 heavy (non-hydrogen) atoms. The second kappa shape index (κ2) is 5.96. The summed E-state index contributed by atoms with van der Waals surface area (Å²) < 4.78 is 0. The fourth-order valence-electron chi connectivity index (χ4n) is 2.57. The van der Waals surface area contributed by atoms with Gasteiger partial charge in [0.05, 0.1) is 12.2 Å². The highest BCUT2D eigenvalue weighted by Gasteiger charge is 2.19. The molecule has 2 rings (SSSR count). The van der Waals surface area contributed by atoms with Gasteiger partial charge in [0.2, 0.25) is 0 Å². The van der Waals surface area contributed by atoms with Gasteiger partial charge in [0.25, 0.3) is 0 Å². The zero-order valence-electron chi connectivity index (χ0n) is 10.0. The molecule has 0 aliphatic carbocycles. The van der Waals surface area contributed by atoms with Gasteiger partial charge in [-0.1, -0.05) is 0 Å². The molecule has 2 N–H and O–H groups in total. The fraction of sp³-hybridized carbons (Fsp3) is 1.00.